The van der Waals surface area contributed by atoms with E-state index in [2.05, 4.69) is 26.1 Å². The molecule has 1 aliphatic carbocycles. The van der Waals surface area contributed by atoms with E-state index in [-0.39, 0.29) is 18.8 Å². The van der Waals surface area contributed by atoms with Crippen LogP contribution >= 0.6 is 15.9 Å². The standard InChI is InChI=1S/C11H15BrF3N3/c1-18-9(6-12)16-17-10(18)7-2-4-8(5-3-7)11(13,14)15/h7-8H,2-6H2,1H3. The van der Waals surface area contributed by atoms with E-state index in [1.165, 1.54) is 0 Å². The van der Waals surface area contributed by atoms with Gasteiger partial charge in [-0.3, -0.25) is 0 Å². The van der Waals surface area contributed by atoms with Crippen molar-refractivity contribution in [1.82, 2.24) is 14.8 Å². The van der Waals surface area contributed by atoms with Crippen LogP contribution in [0.2, 0.25) is 0 Å². The van der Waals surface area contributed by atoms with Gasteiger partial charge in [-0.2, -0.15) is 13.2 Å². The van der Waals surface area contributed by atoms with Crippen LogP contribution in [-0.4, -0.2) is 20.9 Å². The molecule has 3 nitrogen and oxygen atoms in total. The van der Waals surface area contributed by atoms with Crippen molar-refractivity contribution in [2.75, 3.05) is 0 Å². The van der Waals surface area contributed by atoms with Gasteiger partial charge in [-0.15, -0.1) is 10.2 Å². The second-order valence-corrected chi connectivity index (χ2v) is 5.32. The van der Waals surface area contributed by atoms with Crippen LogP contribution in [0.15, 0.2) is 0 Å². The summed E-state index contributed by atoms with van der Waals surface area (Å²) in [5, 5.41) is 8.73. The average molecular weight is 326 g/mol. The van der Waals surface area contributed by atoms with Gasteiger partial charge in [0.15, 0.2) is 0 Å². The fourth-order valence-corrected chi connectivity index (χ4v) is 3.01. The second-order valence-electron chi connectivity index (χ2n) is 4.76. The van der Waals surface area contributed by atoms with Crippen LogP contribution in [0.25, 0.3) is 0 Å². The highest BCUT2D eigenvalue weighted by molar-refractivity contribution is 9.08. The Morgan fingerprint density at radius 3 is 2.28 bits per heavy atom. The molecule has 1 fully saturated rings. The molecule has 1 heterocycles. The highest BCUT2D eigenvalue weighted by atomic mass is 79.9. The number of hydrogen-bond acceptors (Lipinski definition) is 2. The molecule has 0 saturated heterocycles. The summed E-state index contributed by atoms with van der Waals surface area (Å²) < 4.78 is 39.6. The lowest BCUT2D eigenvalue weighted by molar-refractivity contribution is -0.182. The molecule has 2 rings (SSSR count). The summed E-state index contributed by atoms with van der Waals surface area (Å²) in [6.07, 6.45) is -2.57. The zero-order chi connectivity index (χ0) is 13.3. The Hall–Kier alpha value is -0.590. The zero-order valence-electron chi connectivity index (χ0n) is 10.0. The van der Waals surface area contributed by atoms with Gasteiger partial charge in [0.05, 0.1) is 11.2 Å². The van der Waals surface area contributed by atoms with E-state index in [0.29, 0.717) is 18.2 Å². The summed E-state index contributed by atoms with van der Waals surface area (Å²) in [5.41, 5.74) is 0. The maximum absolute atomic E-state index is 12.6. The lowest BCUT2D eigenvalue weighted by Gasteiger charge is -2.29. The quantitative estimate of drug-likeness (QED) is 0.778. The van der Waals surface area contributed by atoms with E-state index in [9.17, 15) is 13.2 Å². The molecule has 1 aliphatic rings. The van der Waals surface area contributed by atoms with Gasteiger partial charge in [0.25, 0.3) is 0 Å². The Labute approximate surface area is 112 Å². The maximum Gasteiger partial charge on any atom is 0.391 e. The van der Waals surface area contributed by atoms with Gasteiger partial charge >= 0.3 is 6.18 Å². The van der Waals surface area contributed by atoms with Crippen LogP contribution in [0, 0.1) is 5.92 Å². The normalized spacial score (nSPS) is 25.4. The van der Waals surface area contributed by atoms with Crippen LogP contribution < -0.4 is 0 Å². The minimum absolute atomic E-state index is 0.105. The van der Waals surface area contributed by atoms with Crippen LogP contribution in [0.3, 0.4) is 0 Å². The van der Waals surface area contributed by atoms with Crippen molar-refractivity contribution in [1.29, 1.82) is 0 Å². The fraction of sp³-hybridized carbons (Fsp3) is 0.818. The first-order valence-corrected chi connectivity index (χ1v) is 7.06. The first-order valence-electron chi connectivity index (χ1n) is 5.94. The molecule has 0 bridgehead atoms. The topological polar surface area (TPSA) is 30.7 Å². The third-order valence-corrected chi connectivity index (χ3v) is 4.18. The van der Waals surface area contributed by atoms with Gasteiger partial charge in [0, 0.05) is 13.0 Å². The average Bonchev–Trinajstić information content (AvgIpc) is 2.69. The Balaban J connectivity index is 2.03. The maximum atomic E-state index is 12.6. The third kappa shape index (κ3) is 2.70. The molecule has 1 saturated carbocycles. The molecule has 0 unspecified atom stereocenters. The van der Waals surface area contributed by atoms with E-state index in [1.807, 2.05) is 11.6 Å². The molecule has 1 aromatic rings. The Morgan fingerprint density at radius 2 is 1.83 bits per heavy atom. The summed E-state index contributed by atoms with van der Waals surface area (Å²) in [7, 11) is 1.86. The molecule has 7 heteroatoms. The molecular formula is C11H15BrF3N3. The van der Waals surface area contributed by atoms with Crippen LogP contribution in [0.4, 0.5) is 13.2 Å². The first kappa shape index (κ1) is 13.8. The van der Waals surface area contributed by atoms with Crippen molar-refractivity contribution < 1.29 is 13.2 Å². The number of rotatable bonds is 2. The molecule has 18 heavy (non-hydrogen) atoms. The molecule has 0 spiro atoms. The molecule has 0 amide bonds. The predicted octanol–water partition coefficient (Wildman–Crippen LogP) is 3.55. The van der Waals surface area contributed by atoms with Crippen molar-refractivity contribution in [3.8, 4) is 0 Å². The minimum atomic E-state index is -4.05. The number of aromatic nitrogens is 3. The van der Waals surface area contributed by atoms with Crippen molar-refractivity contribution in [3.05, 3.63) is 11.6 Å². The molecule has 0 N–H and O–H groups in total. The lowest BCUT2D eigenvalue weighted by atomic mass is 9.81. The van der Waals surface area contributed by atoms with Gasteiger partial charge in [-0.25, -0.2) is 0 Å². The van der Waals surface area contributed by atoms with Gasteiger partial charge < -0.3 is 4.57 Å². The van der Waals surface area contributed by atoms with E-state index < -0.39 is 12.1 Å². The highest BCUT2D eigenvalue weighted by Gasteiger charge is 2.42. The molecule has 0 atom stereocenters. The summed E-state index contributed by atoms with van der Waals surface area (Å²) in [4.78, 5) is 0. The second kappa shape index (κ2) is 5.19. The monoisotopic (exact) mass is 325 g/mol. The SMILES string of the molecule is Cn1c(CBr)nnc1C1CCC(C(F)(F)F)CC1. The summed E-state index contributed by atoms with van der Waals surface area (Å²) in [6, 6.07) is 0. The van der Waals surface area contributed by atoms with E-state index in [4.69, 9.17) is 0 Å². The number of halogens is 4. The number of hydrogen-bond donors (Lipinski definition) is 0. The van der Waals surface area contributed by atoms with Gasteiger partial charge in [0.1, 0.15) is 11.6 Å². The molecular weight excluding hydrogens is 311 g/mol. The summed E-state index contributed by atoms with van der Waals surface area (Å²) >= 11 is 3.31. The smallest absolute Gasteiger partial charge is 0.317 e. The first-order chi connectivity index (χ1) is 8.43. The van der Waals surface area contributed by atoms with Crippen molar-refractivity contribution >= 4 is 15.9 Å². The number of alkyl halides is 4. The van der Waals surface area contributed by atoms with Crippen LogP contribution in [0.1, 0.15) is 43.3 Å². The third-order valence-electron chi connectivity index (χ3n) is 3.67. The lowest BCUT2D eigenvalue weighted by Crippen LogP contribution is -2.27. The summed E-state index contributed by atoms with van der Waals surface area (Å²) in [6.45, 7) is 0. The van der Waals surface area contributed by atoms with Crippen molar-refractivity contribution in [2.45, 2.75) is 43.1 Å². The zero-order valence-corrected chi connectivity index (χ0v) is 11.6. The van der Waals surface area contributed by atoms with Crippen LogP contribution in [0.5, 0.6) is 0 Å². The van der Waals surface area contributed by atoms with E-state index in [0.717, 1.165) is 11.6 Å². The molecule has 0 aliphatic heterocycles. The van der Waals surface area contributed by atoms with E-state index in [1.54, 1.807) is 0 Å². The van der Waals surface area contributed by atoms with Crippen LogP contribution in [-0.2, 0) is 12.4 Å². The molecule has 0 aromatic carbocycles. The molecule has 0 radical (unpaired) electrons. The fourth-order valence-electron chi connectivity index (χ4n) is 2.53. The van der Waals surface area contributed by atoms with Gasteiger partial charge in [-0.05, 0) is 25.7 Å². The minimum Gasteiger partial charge on any atom is -0.317 e. The largest absolute Gasteiger partial charge is 0.391 e. The number of nitrogens with zero attached hydrogens (tertiary/aromatic N) is 3. The molecule has 1 aromatic heterocycles. The summed E-state index contributed by atoms with van der Waals surface area (Å²) in [5.74, 6) is 0.583. The van der Waals surface area contributed by atoms with Gasteiger partial charge in [-0.1, -0.05) is 15.9 Å². The molecule has 102 valence electrons. The Kier molecular flexibility index (Phi) is 3.99. The Morgan fingerprint density at radius 1 is 1.22 bits per heavy atom. The van der Waals surface area contributed by atoms with E-state index >= 15 is 0 Å². The highest BCUT2D eigenvalue weighted by Crippen LogP contribution is 2.42. The van der Waals surface area contributed by atoms with Gasteiger partial charge in [0.2, 0.25) is 0 Å². The Bertz CT molecular complexity index is 408. The predicted molar refractivity (Wildman–Crippen MR) is 64.4 cm³/mol. The van der Waals surface area contributed by atoms with Crippen molar-refractivity contribution in [3.63, 3.8) is 0 Å². The van der Waals surface area contributed by atoms with Crippen molar-refractivity contribution in [2.24, 2.45) is 13.0 Å².